The highest BCUT2D eigenvalue weighted by Crippen LogP contribution is 2.18. The maximum atomic E-state index is 13.2. The van der Waals surface area contributed by atoms with Crippen molar-refractivity contribution in [1.82, 2.24) is 10.2 Å². The van der Waals surface area contributed by atoms with E-state index >= 15 is 0 Å². The number of nitrogens with zero attached hydrogens (tertiary/aromatic N) is 1. The van der Waals surface area contributed by atoms with E-state index in [4.69, 9.17) is 0 Å². The molecule has 1 atom stereocenters. The van der Waals surface area contributed by atoms with Crippen LogP contribution in [0, 0.1) is 12.8 Å². The zero-order chi connectivity index (χ0) is 21.9. The van der Waals surface area contributed by atoms with Crippen LogP contribution in [-0.2, 0) is 21.9 Å². The van der Waals surface area contributed by atoms with Gasteiger partial charge in [-0.15, -0.1) is 11.8 Å². The monoisotopic (exact) mass is 426 g/mol. The third-order valence-electron chi connectivity index (χ3n) is 4.84. The van der Waals surface area contributed by atoms with Gasteiger partial charge in [0.05, 0.1) is 5.75 Å². The highest BCUT2D eigenvalue weighted by molar-refractivity contribution is 7.99. The highest BCUT2D eigenvalue weighted by Gasteiger charge is 2.28. The minimum Gasteiger partial charge on any atom is -0.354 e. The molecule has 0 aliphatic heterocycles. The van der Waals surface area contributed by atoms with E-state index in [0.29, 0.717) is 31.2 Å². The summed E-state index contributed by atoms with van der Waals surface area (Å²) in [4.78, 5) is 27.8. The molecule has 0 saturated heterocycles. The lowest BCUT2D eigenvalue weighted by Crippen LogP contribution is -2.50. The lowest BCUT2D eigenvalue weighted by Gasteiger charge is -2.31. The van der Waals surface area contributed by atoms with Gasteiger partial charge in [0.25, 0.3) is 0 Å². The number of nitrogens with one attached hydrogen (secondary N) is 1. The van der Waals surface area contributed by atoms with Crippen LogP contribution in [0.5, 0.6) is 0 Å². The molecule has 0 unspecified atom stereocenters. The lowest BCUT2D eigenvalue weighted by molar-refractivity contribution is -0.139. The van der Waals surface area contributed by atoms with Crippen LogP contribution in [0.1, 0.15) is 43.9 Å². The van der Waals surface area contributed by atoms with E-state index in [0.717, 1.165) is 11.3 Å². The van der Waals surface area contributed by atoms with Gasteiger partial charge in [-0.25, -0.2) is 0 Å². The zero-order valence-corrected chi connectivity index (χ0v) is 19.4. The Labute approximate surface area is 185 Å². The number of hydrogen-bond acceptors (Lipinski definition) is 3. The van der Waals surface area contributed by atoms with Crippen LogP contribution in [0.2, 0.25) is 0 Å². The molecule has 2 aromatic carbocycles. The van der Waals surface area contributed by atoms with Crippen LogP contribution in [0.3, 0.4) is 0 Å². The van der Waals surface area contributed by atoms with Crippen LogP contribution in [0.25, 0.3) is 0 Å². The van der Waals surface area contributed by atoms with Gasteiger partial charge in [-0.2, -0.15) is 0 Å². The number of thioether (sulfide) groups is 1. The second-order valence-corrected chi connectivity index (χ2v) is 9.04. The average Bonchev–Trinajstić information content (AvgIpc) is 2.72. The molecule has 0 spiro atoms. The number of benzene rings is 2. The van der Waals surface area contributed by atoms with Gasteiger partial charge in [-0.05, 0) is 30.4 Å². The van der Waals surface area contributed by atoms with Gasteiger partial charge >= 0.3 is 0 Å². The molecule has 5 heteroatoms. The number of amides is 2. The van der Waals surface area contributed by atoms with E-state index in [9.17, 15) is 9.59 Å². The van der Waals surface area contributed by atoms with Gasteiger partial charge in [0.15, 0.2) is 0 Å². The summed E-state index contributed by atoms with van der Waals surface area (Å²) < 4.78 is 0. The molecule has 0 heterocycles. The Kier molecular flexibility index (Phi) is 9.95. The van der Waals surface area contributed by atoms with Crippen molar-refractivity contribution >= 4 is 23.6 Å². The molecule has 0 saturated carbocycles. The van der Waals surface area contributed by atoms with Crippen LogP contribution in [0.15, 0.2) is 54.6 Å². The van der Waals surface area contributed by atoms with Gasteiger partial charge in [-0.3, -0.25) is 9.59 Å². The predicted molar refractivity (Wildman–Crippen MR) is 126 cm³/mol. The Balaban J connectivity index is 2.08. The summed E-state index contributed by atoms with van der Waals surface area (Å²) in [5.41, 5.74) is 3.46. The van der Waals surface area contributed by atoms with Crippen molar-refractivity contribution in [1.29, 1.82) is 0 Å². The molecule has 0 radical (unpaired) electrons. The fourth-order valence-corrected chi connectivity index (χ4v) is 4.12. The minimum absolute atomic E-state index is 0.00283. The largest absolute Gasteiger partial charge is 0.354 e. The Morgan fingerprint density at radius 3 is 2.37 bits per heavy atom. The lowest BCUT2D eigenvalue weighted by atomic mass is 10.1. The van der Waals surface area contributed by atoms with E-state index < -0.39 is 6.04 Å². The summed E-state index contributed by atoms with van der Waals surface area (Å²) in [5, 5.41) is 3.00. The summed E-state index contributed by atoms with van der Waals surface area (Å²) in [6.07, 6.45) is 0.588. The van der Waals surface area contributed by atoms with Crippen molar-refractivity contribution in [3.8, 4) is 0 Å². The average molecular weight is 427 g/mol. The second kappa shape index (κ2) is 12.4. The number of rotatable bonds is 11. The fraction of sp³-hybridized carbons (Fsp3) is 0.440. The SMILES string of the molecule is CC[C@@H](C(=O)NCC(C)C)N(Cc1ccccc1)C(=O)CSCc1cccc(C)c1. The van der Waals surface area contributed by atoms with Gasteiger partial charge in [0, 0.05) is 18.8 Å². The summed E-state index contributed by atoms with van der Waals surface area (Å²) >= 11 is 1.60. The Morgan fingerprint density at radius 2 is 1.73 bits per heavy atom. The number of hydrogen-bond donors (Lipinski definition) is 1. The highest BCUT2D eigenvalue weighted by atomic mass is 32.2. The predicted octanol–water partition coefficient (Wildman–Crippen LogP) is 4.81. The summed E-state index contributed by atoms with van der Waals surface area (Å²) in [6.45, 7) is 9.22. The summed E-state index contributed by atoms with van der Waals surface area (Å²) in [7, 11) is 0. The first-order valence-electron chi connectivity index (χ1n) is 10.6. The molecule has 4 nitrogen and oxygen atoms in total. The van der Waals surface area contributed by atoms with Crippen molar-refractivity contribution in [3.05, 3.63) is 71.3 Å². The van der Waals surface area contributed by atoms with Crippen LogP contribution < -0.4 is 5.32 Å². The van der Waals surface area contributed by atoms with E-state index in [1.54, 1.807) is 16.7 Å². The number of carbonyl (C=O) groups excluding carboxylic acids is 2. The quantitative estimate of drug-likeness (QED) is 0.561. The topological polar surface area (TPSA) is 49.4 Å². The molecule has 0 aliphatic rings. The van der Waals surface area contributed by atoms with Crippen LogP contribution in [0.4, 0.5) is 0 Å². The van der Waals surface area contributed by atoms with Gasteiger partial charge in [0.1, 0.15) is 6.04 Å². The standard InChI is InChI=1S/C25H34N2O2S/c1-5-23(25(29)26-15-19(2)3)27(16-21-11-7-6-8-12-21)24(28)18-30-17-22-13-9-10-20(4)14-22/h6-14,19,23H,5,15-18H2,1-4H3,(H,26,29)/t23-/m0/s1. The molecule has 0 aromatic heterocycles. The molecular formula is C25H34N2O2S. The van der Waals surface area contributed by atoms with E-state index in [-0.39, 0.29) is 11.8 Å². The molecule has 1 N–H and O–H groups in total. The Hall–Kier alpha value is -2.27. The minimum atomic E-state index is -0.462. The first-order chi connectivity index (χ1) is 14.4. The maximum Gasteiger partial charge on any atom is 0.242 e. The zero-order valence-electron chi connectivity index (χ0n) is 18.6. The van der Waals surface area contributed by atoms with Crippen molar-refractivity contribution in [2.45, 2.75) is 52.5 Å². The van der Waals surface area contributed by atoms with Crippen molar-refractivity contribution in [3.63, 3.8) is 0 Å². The Bertz CT molecular complexity index is 808. The molecule has 2 amide bonds. The molecule has 162 valence electrons. The van der Waals surface area contributed by atoms with Gasteiger partial charge in [0.2, 0.25) is 11.8 Å². The summed E-state index contributed by atoms with van der Waals surface area (Å²) in [6, 6.07) is 17.8. The van der Waals surface area contributed by atoms with Crippen LogP contribution >= 0.6 is 11.8 Å². The molecule has 2 rings (SSSR count). The molecule has 30 heavy (non-hydrogen) atoms. The number of aryl methyl sites for hydroxylation is 1. The van der Waals surface area contributed by atoms with Crippen molar-refractivity contribution in [2.24, 2.45) is 5.92 Å². The van der Waals surface area contributed by atoms with E-state index in [1.165, 1.54) is 11.1 Å². The van der Waals surface area contributed by atoms with Gasteiger partial charge in [-0.1, -0.05) is 80.9 Å². The molecule has 0 aliphatic carbocycles. The maximum absolute atomic E-state index is 13.2. The molecule has 0 fully saturated rings. The smallest absolute Gasteiger partial charge is 0.242 e. The van der Waals surface area contributed by atoms with E-state index in [2.05, 4.69) is 44.3 Å². The fourth-order valence-electron chi connectivity index (χ4n) is 3.26. The first-order valence-corrected chi connectivity index (χ1v) is 11.8. The van der Waals surface area contributed by atoms with Gasteiger partial charge < -0.3 is 10.2 Å². The third kappa shape index (κ3) is 7.86. The van der Waals surface area contributed by atoms with Crippen molar-refractivity contribution in [2.75, 3.05) is 12.3 Å². The molecule has 0 bridgehead atoms. The normalized spacial score (nSPS) is 11.9. The third-order valence-corrected chi connectivity index (χ3v) is 5.83. The second-order valence-electron chi connectivity index (χ2n) is 8.05. The summed E-state index contributed by atoms with van der Waals surface area (Å²) in [5.74, 6) is 1.44. The number of carbonyl (C=O) groups is 2. The van der Waals surface area contributed by atoms with Crippen LogP contribution in [-0.4, -0.2) is 35.1 Å². The molecular weight excluding hydrogens is 392 g/mol. The van der Waals surface area contributed by atoms with Crippen molar-refractivity contribution < 1.29 is 9.59 Å². The van der Waals surface area contributed by atoms with E-state index in [1.807, 2.05) is 43.3 Å². The first kappa shape index (κ1) is 24.0. The Morgan fingerprint density at radius 1 is 1.03 bits per heavy atom. The molecule has 2 aromatic rings.